The van der Waals surface area contributed by atoms with E-state index in [0.29, 0.717) is 0 Å². The summed E-state index contributed by atoms with van der Waals surface area (Å²) in [7, 11) is 0. The highest BCUT2D eigenvalue weighted by molar-refractivity contribution is 5.74. The van der Waals surface area contributed by atoms with Gasteiger partial charge in [-0.2, -0.15) is 0 Å². The summed E-state index contributed by atoms with van der Waals surface area (Å²) in [5.74, 6) is 0.966. The highest BCUT2D eigenvalue weighted by atomic mass is 15.0. The van der Waals surface area contributed by atoms with Crippen LogP contribution in [0.3, 0.4) is 0 Å². The molecule has 0 saturated heterocycles. The molecule has 0 spiro atoms. The predicted octanol–water partition coefficient (Wildman–Crippen LogP) is 2.68. The highest BCUT2D eigenvalue weighted by Crippen LogP contribution is 2.33. The van der Waals surface area contributed by atoms with E-state index in [2.05, 4.69) is 16.0 Å². The average molecular weight is 215 g/mol. The van der Waals surface area contributed by atoms with Gasteiger partial charge in [0.2, 0.25) is 0 Å². The third-order valence-electron chi connectivity index (χ3n) is 3.61. The Hall–Kier alpha value is -1.35. The third kappa shape index (κ3) is 1.52. The summed E-state index contributed by atoms with van der Waals surface area (Å²) < 4.78 is 0. The largest absolute Gasteiger partial charge is 0.340 e. The van der Waals surface area contributed by atoms with Gasteiger partial charge in [-0.3, -0.25) is 0 Å². The summed E-state index contributed by atoms with van der Waals surface area (Å²) in [6.07, 6.45) is 5.83. The molecule has 0 radical (unpaired) electrons. The summed E-state index contributed by atoms with van der Waals surface area (Å²) in [5.41, 5.74) is 8.34. The number of rotatable bonds is 1. The first-order valence-electron chi connectivity index (χ1n) is 6.02. The number of nitrogens with one attached hydrogen (secondary N) is 1. The Balaban J connectivity index is 2.04. The van der Waals surface area contributed by atoms with Crippen LogP contribution >= 0.6 is 0 Å². The number of aromatic nitrogens is 2. The van der Waals surface area contributed by atoms with Crippen molar-refractivity contribution in [2.45, 2.75) is 37.6 Å². The maximum absolute atomic E-state index is 6.45. The molecule has 0 bridgehead atoms. The van der Waals surface area contributed by atoms with Crippen LogP contribution in [0.2, 0.25) is 0 Å². The molecule has 1 aliphatic rings. The van der Waals surface area contributed by atoms with Gasteiger partial charge in [-0.05, 0) is 25.0 Å². The Morgan fingerprint density at radius 2 is 1.88 bits per heavy atom. The number of nitrogens with zero attached hydrogens (tertiary/aromatic N) is 1. The summed E-state index contributed by atoms with van der Waals surface area (Å²) in [4.78, 5) is 8.00. The van der Waals surface area contributed by atoms with Crippen molar-refractivity contribution in [3.63, 3.8) is 0 Å². The van der Waals surface area contributed by atoms with Gasteiger partial charge in [0.25, 0.3) is 0 Å². The quantitative estimate of drug-likeness (QED) is 0.768. The van der Waals surface area contributed by atoms with Crippen molar-refractivity contribution in [1.29, 1.82) is 0 Å². The van der Waals surface area contributed by atoms with E-state index in [1.54, 1.807) is 0 Å². The summed E-state index contributed by atoms with van der Waals surface area (Å²) >= 11 is 0. The van der Waals surface area contributed by atoms with Gasteiger partial charge in [-0.25, -0.2) is 4.98 Å². The van der Waals surface area contributed by atoms with E-state index in [1.165, 1.54) is 19.3 Å². The van der Waals surface area contributed by atoms with Crippen LogP contribution in [-0.4, -0.2) is 9.97 Å². The lowest BCUT2D eigenvalue weighted by atomic mass is 9.82. The topological polar surface area (TPSA) is 54.7 Å². The molecule has 16 heavy (non-hydrogen) atoms. The second-order valence-electron chi connectivity index (χ2n) is 4.82. The Labute approximate surface area is 95.1 Å². The Morgan fingerprint density at radius 1 is 1.12 bits per heavy atom. The van der Waals surface area contributed by atoms with Crippen LogP contribution in [-0.2, 0) is 5.54 Å². The lowest BCUT2D eigenvalue weighted by Gasteiger charge is -2.31. The van der Waals surface area contributed by atoms with E-state index in [4.69, 9.17) is 5.73 Å². The van der Waals surface area contributed by atoms with Gasteiger partial charge in [-0.15, -0.1) is 0 Å². The third-order valence-corrected chi connectivity index (χ3v) is 3.61. The van der Waals surface area contributed by atoms with Gasteiger partial charge < -0.3 is 10.7 Å². The van der Waals surface area contributed by atoms with E-state index < -0.39 is 0 Å². The first kappa shape index (κ1) is 9.85. The lowest BCUT2D eigenvalue weighted by molar-refractivity contribution is 0.289. The number of nitrogens with two attached hydrogens (primary N) is 1. The van der Waals surface area contributed by atoms with Crippen molar-refractivity contribution >= 4 is 11.0 Å². The molecule has 3 heteroatoms. The molecule has 3 N–H and O–H groups in total. The smallest absolute Gasteiger partial charge is 0.127 e. The van der Waals surface area contributed by atoms with Crippen LogP contribution in [0.25, 0.3) is 11.0 Å². The van der Waals surface area contributed by atoms with Crippen molar-refractivity contribution in [2.24, 2.45) is 5.73 Å². The molecule has 0 aliphatic heterocycles. The fourth-order valence-corrected chi connectivity index (χ4v) is 2.61. The fraction of sp³-hybridized carbons (Fsp3) is 0.462. The van der Waals surface area contributed by atoms with Crippen LogP contribution in [0.15, 0.2) is 24.3 Å². The van der Waals surface area contributed by atoms with Crippen molar-refractivity contribution in [1.82, 2.24) is 9.97 Å². The van der Waals surface area contributed by atoms with E-state index in [-0.39, 0.29) is 5.54 Å². The molecule has 0 atom stereocenters. The second-order valence-corrected chi connectivity index (χ2v) is 4.82. The van der Waals surface area contributed by atoms with Gasteiger partial charge in [0.05, 0.1) is 16.6 Å². The molecular weight excluding hydrogens is 198 g/mol. The number of imidazole rings is 1. The molecule has 3 rings (SSSR count). The lowest BCUT2D eigenvalue weighted by Crippen LogP contribution is -2.39. The number of benzene rings is 1. The standard InChI is InChI=1S/C13H17N3/c14-13(8-4-1-5-9-13)12-15-10-6-2-3-7-11(10)16-12/h2-3,6-7H,1,4-5,8-9,14H2,(H,15,16). The van der Waals surface area contributed by atoms with Gasteiger partial charge >= 0.3 is 0 Å². The number of hydrogen-bond donors (Lipinski definition) is 2. The minimum absolute atomic E-state index is 0.225. The van der Waals surface area contributed by atoms with Gasteiger partial charge in [0.15, 0.2) is 0 Å². The molecule has 3 nitrogen and oxygen atoms in total. The SMILES string of the molecule is NC1(c2nc3ccccc3[nH]2)CCCCC1. The first-order valence-corrected chi connectivity index (χ1v) is 6.02. The molecule has 1 aromatic carbocycles. The number of fused-ring (bicyclic) bond motifs is 1. The van der Waals surface area contributed by atoms with Crippen molar-refractivity contribution in [2.75, 3.05) is 0 Å². The summed E-state index contributed by atoms with van der Waals surface area (Å²) in [5, 5.41) is 0. The molecule has 1 aromatic heterocycles. The van der Waals surface area contributed by atoms with Crippen LogP contribution in [0.4, 0.5) is 0 Å². The zero-order valence-electron chi connectivity index (χ0n) is 9.37. The molecule has 0 amide bonds. The van der Waals surface area contributed by atoms with Crippen LogP contribution in [0.5, 0.6) is 0 Å². The summed E-state index contributed by atoms with van der Waals surface area (Å²) in [6, 6.07) is 8.12. The van der Waals surface area contributed by atoms with Crippen molar-refractivity contribution in [3.05, 3.63) is 30.1 Å². The number of aromatic amines is 1. The summed E-state index contributed by atoms with van der Waals surface area (Å²) in [6.45, 7) is 0. The van der Waals surface area contributed by atoms with Crippen LogP contribution in [0, 0.1) is 0 Å². The highest BCUT2D eigenvalue weighted by Gasteiger charge is 2.32. The Morgan fingerprint density at radius 3 is 2.62 bits per heavy atom. The molecule has 2 aromatic rings. The Bertz CT molecular complexity index is 462. The number of hydrogen-bond acceptors (Lipinski definition) is 2. The van der Waals surface area contributed by atoms with E-state index in [9.17, 15) is 0 Å². The van der Waals surface area contributed by atoms with Gasteiger partial charge in [-0.1, -0.05) is 31.4 Å². The van der Waals surface area contributed by atoms with Gasteiger partial charge in [0, 0.05) is 0 Å². The van der Waals surface area contributed by atoms with E-state index in [0.717, 1.165) is 29.7 Å². The number of para-hydroxylation sites is 2. The molecule has 84 valence electrons. The minimum atomic E-state index is -0.225. The second kappa shape index (κ2) is 3.59. The minimum Gasteiger partial charge on any atom is -0.340 e. The Kier molecular flexibility index (Phi) is 2.21. The monoisotopic (exact) mass is 215 g/mol. The number of H-pyrrole nitrogens is 1. The average Bonchev–Trinajstić information content (AvgIpc) is 2.74. The zero-order valence-corrected chi connectivity index (χ0v) is 9.37. The maximum atomic E-state index is 6.45. The van der Waals surface area contributed by atoms with Crippen molar-refractivity contribution < 1.29 is 0 Å². The maximum Gasteiger partial charge on any atom is 0.127 e. The van der Waals surface area contributed by atoms with E-state index >= 15 is 0 Å². The van der Waals surface area contributed by atoms with E-state index in [1.807, 2.05) is 18.2 Å². The first-order chi connectivity index (χ1) is 7.78. The molecule has 1 heterocycles. The van der Waals surface area contributed by atoms with Crippen LogP contribution in [0.1, 0.15) is 37.9 Å². The predicted molar refractivity (Wildman–Crippen MR) is 65.0 cm³/mol. The van der Waals surface area contributed by atoms with Gasteiger partial charge in [0.1, 0.15) is 5.82 Å². The van der Waals surface area contributed by atoms with Crippen LogP contribution < -0.4 is 5.73 Å². The molecule has 1 fully saturated rings. The molecule has 1 aliphatic carbocycles. The zero-order chi connectivity index (χ0) is 11.0. The fourth-order valence-electron chi connectivity index (χ4n) is 2.61. The van der Waals surface area contributed by atoms with Crippen molar-refractivity contribution in [3.8, 4) is 0 Å². The molecule has 1 saturated carbocycles. The molecular formula is C13H17N3. The normalized spacial score (nSPS) is 20.1. The molecule has 0 unspecified atom stereocenters.